The van der Waals surface area contributed by atoms with Gasteiger partial charge in [-0.2, -0.15) is 0 Å². The molecule has 244 valence electrons. The van der Waals surface area contributed by atoms with Crippen molar-refractivity contribution in [1.29, 1.82) is 0 Å². The van der Waals surface area contributed by atoms with Gasteiger partial charge in [0.1, 0.15) is 18.1 Å². The maximum Gasteiger partial charge on any atom is 0.301 e. The average Bonchev–Trinajstić information content (AvgIpc) is 3.65. The first-order valence-electron chi connectivity index (χ1n) is 15.2. The second kappa shape index (κ2) is 14.5. The van der Waals surface area contributed by atoms with Crippen LogP contribution >= 0.6 is 46.3 Å². The van der Waals surface area contributed by atoms with Crippen LogP contribution in [0.1, 0.15) is 59.2 Å². The number of benzene rings is 4. The number of amides is 1. The number of nitrogens with zero attached hydrogens (tertiary/aromatic N) is 3. The van der Waals surface area contributed by atoms with E-state index in [1.54, 1.807) is 36.4 Å². The van der Waals surface area contributed by atoms with E-state index in [1.807, 2.05) is 61.5 Å². The van der Waals surface area contributed by atoms with Crippen LogP contribution in [0.15, 0.2) is 101 Å². The summed E-state index contributed by atoms with van der Waals surface area (Å²) < 4.78 is 6.56. The minimum Gasteiger partial charge on any atom is -0.507 e. The Morgan fingerprint density at radius 2 is 1.69 bits per heavy atom. The molecule has 0 saturated carbocycles. The Morgan fingerprint density at radius 3 is 2.38 bits per heavy atom. The Bertz CT molecular complexity index is 2010. The molecule has 0 bridgehead atoms. The normalized spacial score (nSPS) is 15.8. The summed E-state index contributed by atoms with van der Waals surface area (Å²) in [7, 11) is 0. The van der Waals surface area contributed by atoms with Gasteiger partial charge in [0.25, 0.3) is 5.78 Å². The van der Waals surface area contributed by atoms with Crippen molar-refractivity contribution in [1.82, 2.24) is 10.2 Å². The molecular weight excluding hydrogens is 685 g/mol. The Balaban J connectivity index is 1.31. The lowest BCUT2D eigenvalue weighted by Gasteiger charge is -2.23. The van der Waals surface area contributed by atoms with E-state index in [0.717, 1.165) is 22.3 Å². The molecule has 6 rings (SSSR count). The van der Waals surface area contributed by atoms with E-state index in [1.165, 1.54) is 28.0 Å². The number of thioether (sulfide) groups is 1. The zero-order chi connectivity index (χ0) is 33.9. The second-order valence-electron chi connectivity index (χ2n) is 11.6. The number of ketones is 1. The number of ether oxygens (including phenoxy) is 1. The quantitative estimate of drug-likeness (QED) is 0.0506. The zero-order valence-electron chi connectivity index (χ0n) is 26.3. The summed E-state index contributed by atoms with van der Waals surface area (Å²) >= 11 is 15.0. The van der Waals surface area contributed by atoms with Gasteiger partial charge in [-0.05, 0) is 77.1 Å². The highest BCUT2D eigenvalue weighted by Gasteiger charge is 2.48. The number of aliphatic hydroxyl groups excluding tert-OH is 1. The molecule has 11 heteroatoms. The standard InChI is InChI=1S/C37H31Cl2N3O4S2/c1-21(2)23-8-10-24(11-9-23)32-31(33(43)25-13-16-29(17-14-25)46-19-26-7-5-4-6-22(26)3)34(44)35(45)42(32)36-40-41-37(48-36)47-20-27-12-15-28(38)18-30(27)39/h4-18,21,32,43H,19-20H2,1-3H3. The minimum atomic E-state index is -0.917. The SMILES string of the molecule is Cc1ccccc1COc1ccc(C(O)=C2C(=O)C(=O)N(c3nnc(SCc4ccc(Cl)cc4Cl)s3)C2c2ccc(C(C)C)cc2)cc1. The summed E-state index contributed by atoms with van der Waals surface area (Å²) in [5.41, 5.74) is 5.20. The maximum absolute atomic E-state index is 13.7. The van der Waals surface area contributed by atoms with Gasteiger partial charge in [0.05, 0.1) is 11.6 Å². The fraction of sp³-hybridized carbons (Fsp3) is 0.189. The molecule has 0 radical (unpaired) electrons. The summed E-state index contributed by atoms with van der Waals surface area (Å²) in [5.74, 6) is -0.475. The summed E-state index contributed by atoms with van der Waals surface area (Å²) in [6.45, 7) is 6.60. The third kappa shape index (κ3) is 7.15. The van der Waals surface area contributed by atoms with Crippen molar-refractivity contribution in [3.63, 3.8) is 0 Å². The van der Waals surface area contributed by atoms with Gasteiger partial charge < -0.3 is 9.84 Å². The van der Waals surface area contributed by atoms with Crippen LogP contribution in [0.3, 0.4) is 0 Å². The monoisotopic (exact) mass is 715 g/mol. The molecule has 1 saturated heterocycles. The number of carbonyl (C=O) groups is 2. The number of hydrogen-bond donors (Lipinski definition) is 1. The van der Waals surface area contributed by atoms with Crippen LogP contribution in [0.5, 0.6) is 5.75 Å². The van der Waals surface area contributed by atoms with Gasteiger partial charge in [0.15, 0.2) is 4.34 Å². The first kappa shape index (κ1) is 33.7. The Labute approximate surface area is 297 Å². The number of rotatable bonds is 10. The molecule has 1 aliphatic heterocycles. The van der Waals surface area contributed by atoms with E-state index in [2.05, 4.69) is 24.0 Å². The van der Waals surface area contributed by atoms with Crippen molar-refractivity contribution in [2.24, 2.45) is 0 Å². The van der Waals surface area contributed by atoms with Crippen LogP contribution in [0.2, 0.25) is 10.0 Å². The number of hydrogen-bond acceptors (Lipinski definition) is 8. The molecule has 0 aliphatic carbocycles. The van der Waals surface area contributed by atoms with Crippen molar-refractivity contribution in [3.05, 3.63) is 140 Å². The molecule has 7 nitrogen and oxygen atoms in total. The molecule has 1 aliphatic rings. The van der Waals surface area contributed by atoms with Crippen molar-refractivity contribution in [2.75, 3.05) is 4.90 Å². The lowest BCUT2D eigenvalue weighted by atomic mass is 9.93. The fourth-order valence-electron chi connectivity index (χ4n) is 5.34. The van der Waals surface area contributed by atoms with Crippen molar-refractivity contribution >= 4 is 68.9 Å². The molecule has 0 spiro atoms. The predicted molar refractivity (Wildman–Crippen MR) is 193 cm³/mol. The fourth-order valence-corrected chi connectivity index (χ4v) is 7.77. The molecule has 5 aromatic rings. The Morgan fingerprint density at radius 1 is 0.958 bits per heavy atom. The van der Waals surface area contributed by atoms with E-state index in [4.69, 9.17) is 27.9 Å². The topological polar surface area (TPSA) is 92.6 Å². The molecule has 1 unspecified atom stereocenters. The van der Waals surface area contributed by atoms with Gasteiger partial charge in [-0.3, -0.25) is 14.5 Å². The molecule has 1 atom stereocenters. The third-order valence-corrected chi connectivity index (χ3v) is 10.8. The number of anilines is 1. The van der Waals surface area contributed by atoms with Gasteiger partial charge in [-0.1, -0.05) is 115 Å². The highest BCUT2D eigenvalue weighted by Crippen LogP contribution is 2.44. The van der Waals surface area contributed by atoms with Crippen LogP contribution in [-0.2, 0) is 21.9 Å². The lowest BCUT2D eigenvalue weighted by Crippen LogP contribution is -2.29. The van der Waals surface area contributed by atoms with E-state index in [0.29, 0.717) is 43.6 Å². The van der Waals surface area contributed by atoms with Gasteiger partial charge in [0.2, 0.25) is 5.13 Å². The molecule has 1 aromatic heterocycles. The number of carbonyl (C=O) groups excluding carboxylic acids is 2. The van der Waals surface area contributed by atoms with Crippen LogP contribution in [-0.4, -0.2) is 27.0 Å². The molecular formula is C37H31Cl2N3O4S2. The highest BCUT2D eigenvalue weighted by molar-refractivity contribution is 8.00. The van der Waals surface area contributed by atoms with E-state index in [-0.39, 0.29) is 22.4 Å². The smallest absolute Gasteiger partial charge is 0.301 e. The summed E-state index contributed by atoms with van der Waals surface area (Å²) in [4.78, 5) is 28.7. The van der Waals surface area contributed by atoms with Crippen molar-refractivity contribution in [3.8, 4) is 5.75 Å². The number of halogens is 2. The van der Waals surface area contributed by atoms with E-state index in [9.17, 15) is 14.7 Å². The number of aromatic nitrogens is 2. The first-order valence-corrected chi connectivity index (χ1v) is 17.8. The Kier molecular flexibility index (Phi) is 10.2. The summed E-state index contributed by atoms with van der Waals surface area (Å²) in [6.07, 6.45) is 0. The van der Waals surface area contributed by atoms with Gasteiger partial charge in [-0.15, -0.1) is 10.2 Å². The van der Waals surface area contributed by atoms with Crippen molar-refractivity contribution in [2.45, 2.75) is 49.4 Å². The van der Waals surface area contributed by atoms with Crippen LogP contribution in [0.4, 0.5) is 5.13 Å². The average molecular weight is 717 g/mol. The number of Topliss-reactive ketones (excluding diaryl/α,β-unsaturated/α-hetero) is 1. The van der Waals surface area contributed by atoms with E-state index < -0.39 is 17.7 Å². The first-order chi connectivity index (χ1) is 23.1. The number of aryl methyl sites for hydroxylation is 1. The molecule has 48 heavy (non-hydrogen) atoms. The molecule has 4 aromatic carbocycles. The van der Waals surface area contributed by atoms with Crippen molar-refractivity contribution < 1.29 is 19.4 Å². The molecule has 1 N–H and O–H groups in total. The minimum absolute atomic E-state index is 0.0248. The second-order valence-corrected chi connectivity index (χ2v) is 14.6. The summed E-state index contributed by atoms with van der Waals surface area (Å²) in [5, 5.41) is 21.6. The zero-order valence-corrected chi connectivity index (χ0v) is 29.5. The highest BCUT2D eigenvalue weighted by atomic mass is 35.5. The van der Waals surface area contributed by atoms with Crippen LogP contribution in [0, 0.1) is 6.92 Å². The molecule has 1 amide bonds. The Hall–Kier alpha value is -4.15. The predicted octanol–water partition coefficient (Wildman–Crippen LogP) is 9.77. The lowest BCUT2D eigenvalue weighted by molar-refractivity contribution is -0.132. The molecule has 1 fully saturated rings. The van der Waals surface area contributed by atoms with E-state index >= 15 is 0 Å². The van der Waals surface area contributed by atoms with Gasteiger partial charge in [-0.25, -0.2) is 0 Å². The summed E-state index contributed by atoms with van der Waals surface area (Å²) in [6, 6.07) is 26.9. The van der Waals surface area contributed by atoms with Gasteiger partial charge >= 0.3 is 5.91 Å². The number of aliphatic hydroxyl groups is 1. The van der Waals surface area contributed by atoms with Crippen LogP contribution < -0.4 is 9.64 Å². The maximum atomic E-state index is 13.7. The van der Waals surface area contributed by atoms with Crippen LogP contribution in [0.25, 0.3) is 5.76 Å². The third-order valence-electron chi connectivity index (χ3n) is 8.11. The van der Waals surface area contributed by atoms with Gasteiger partial charge in [0, 0.05) is 21.4 Å². The molecule has 2 heterocycles. The largest absolute Gasteiger partial charge is 0.507 e.